The summed E-state index contributed by atoms with van der Waals surface area (Å²) in [7, 11) is 0. The number of nitrogens with zero attached hydrogens (tertiary/aromatic N) is 1. The molecule has 0 spiro atoms. The van der Waals surface area contributed by atoms with Crippen LogP contribution in [0.4, 0.5) is 0 Å². The number of aldehydes is 1. The zero-order chi connectivity index (χ0) is 8.97. The molecule has 1 saturated carbocycles. The summed E-state index contributed by atoms with van der Waals surface area (Å²) in [6.45, 7) is 2.13. The Morgan fingerprint density at radius 3 is 2.75 bits per heavy atom. The van der Waals surface area contributed by atoms with Crippen LogP contribution in [0.1, 0.15) is 32.6 Å². The van der Waals surface area contributed by atoms with E-state index in [2.05, 4.69) is 13.0 Å². The van der Waals surface area contributed by atoms with Gasteiger partial charge in [-0.1, -0.05) is 13.3 Å². The maximum Gasteiger partial charge on any atom is 0.123 e. The van der Waals surface area contributed by atoms with Gasteiger partial charge in [0.05, 0.1) is 6.07 Å². The predicted molar refractivity (Wildman–Crippen MR) is 46.3 cm³/mol. The Hall–Kier alpha value is -0.840. The second kappa shape index (κ2) is 4.25. The third-order valence-corrected chi connectivity index (χ3v) is 2.79. The lowest BCUT2D eigenvalue weighted by Gasteiger charge is -2.28. The molecule has 0 aromatic heterocycles. The standard InChI is InChI=1S/C10H15NO/c1-2-8-3-9(6-11)5-10(4-8)7-12/h7-10H,2-5H2,1H3. The van der Waals surface area contributed by atoms with Crippen molar-refractivity contribution in [3.05, 3.63) is 0 Å². The van der Waals surface area contributed by atoms with E-state index in [0.717, 1.165) is 32.0 Å². The van der Waals surface area contributed by atoms with E-state index in [1.807, 2.05) is 0 Å². The summed E-state index contributed by atoms with van der Waals surface area (Å²) in [5.41, 5.74) is 0. The Bertz CT molecular complexity index is 195. The van der Waals surface area contributed by atoms with E-state index in [4.69, 9.17) is 5.26 Å². The Morgan fingerprint density at radius 1 is 1.50 bits per heavy atom. The topological polar surface area (TPSA) is 40.9 Å². The van der Waals surface area contributed by atoms with E-state index in [1.54, 1.807) is 0 Å². The molecule has 0 saturated heterocycles. The fraction of sp³-hybridized carbons (Fsp3) is 0.800. The minimum absolute atomic E-state index is 0.124. The first kappa shape index (κ1) is 9.25. The molecule has 0 N–H and O–H groups in total. The molecule has 0 radical (unpaired) electrons. The fourth-order valence-electron chi connectivity index (χ4n) is 2.03. The largest absolute Gasteiger partial charge is 0.303 e. The van der Waals surface area contributed by atoms with Crippen molar-refractivity contribution in [1.82, 2.24) is 0 Å². The molecule has 0 heterocycles. The van der Waals surface area contributed by atoms with Gasteiger partial charge in [0.2, 0.25) is 0 Å². The Balaban J connectivity index is 2.53. The van der Waals surface area contributed by atoms with Crippen LogP contribution in [0.3, 0.4) is 0 Å². The molecule has 2 nitrogen and oxygen atoms in total. The second-order valence-corrected chi connectivity index (χ2v) is 3.70. The maximum absolute atomic E-state index is 10.6. The van der Waals surface area contributed by atoms with Gasteiger partial charge in [-0.05, 0) is 25.2 Å². The van der Waals surface area contributed by atoms with Crippen molar-refractivity contribution in [2.75, 3.05) is 0 Å². The molecule has 12 heavy (non-hydrogen) atoms. The van der Waals surface area contributed by atoms with Gasteiger partial charge in [0.25, 0.3) is 0 Å². The average Bonchev–Trinajstić information content (AvgIpc) is 2.16. The zero-order valence-corrected chi connectivity index (χ0v) is 7.49. The Labute approximate surface area is 73.6 Å². The van der Waals surface area contributed by atoms with Crippen molar-refractivity contribution in [3.8, 4) is 6.07 Å². The molecule has 1 aliphatic rings. The number of carbonyl (C=O) groups excluding carboxylic acids is 1. The van der Waals surface area contributed by atoms with Crippen LogP contribution in [0.2, 0.25) is 0 Å². The molecule has 3 atom stereocenters. The fourth-order valence-corrected chi connectivity index (χ4v) is 2.03. The molecular weight excluding hydrogens is 150 g/mol. The molecule has 66 valence electrons. The van der Waals surface area contributed by atoms with Crippen LogP contribution in [-0.4, -0.2) is 6.29 Å². The minimum atomic E-state index is 0.124. The molecule has 1 rings (SSSR count). The molecular formula is C10H15NO. The number of hydrogen-bond donors (Lipinski definition) is 0. The van der Waals surface area contributed by atoms with Crippen LogP contribution >= 0.6 is 0 Å². The molecule has 0 aliphatic heterocycles. The van der Waals surface area contributed by atoms with E-state index in [-0.39, 0.29) is 11.8 Å². The highest BCUT2D eigenvalue weighted by Gasteiger charge is 2.27. The van der Waals surface area contributed by atoms with Crippen LogP contribution in [-0.2, 0) is 4.79 Å². The van der Waals surface area contributed by atoms with Crippen LogP contribution in [0.15, 0.2) is 0 Å². The van der Waals surface area contributed by atoms with Gasteiger partial charge in [-0.2, -0.15) is 5.26 Å². The molecule has 1 fully saturated rings. The first-order valence-corrected chi connectivity index (χ1v) is 4.65. The van der Waals surface area contributed by atoms with Gasteiger partial charge in [-0.25, -0.2) is 0 Å². The predicted octanol–water partition coefficient (Wildman–Crippen LogP) is 2.15. The molecule has 0 aromatic carbocycles. The van der Waals surface area contributed by atoms with Crippen molar-refractivity contribution < 1.29 is 4.79 Å². The summed E-state index contributed by atoms with van der Waals surface area (Å²) in [4.78, 5) is 10.6. The highest BCUT2D eigenvalue weighted by atomic mass is 16.1. The highest BCUT2D eigenvalue weighted by molar-refractivity contribution is 5.53. The van der Waals surface area contributed by atoms with Gasteiger partial charge in [0.1, 0.15) is 6.29 Å². The zero-order valence-electron chi connectivity index (χ0n) is 7.49. The van der Waals surface area contributed by atoms with Gasteiger partial charge in [-0.15, -0.1) is 0 Å². The van der Waals surface area contributed by atoms with Gasteiger partial charge in [-0.3, -0.25) is 0 Å². The summed E-state index contributed by atoms with van der Waals surface area (Å²) in [5, 5.41) is 8.75. The van der Waals surface area contributed by atoms with Gasteiger partial charge in [0, 0.05) is 11.8 Å². The minimum Gasteiger partial charge on any atom is -0.303 e. The smallest absolute Gasteiger partial charge is 0.123 e. The number of nitriles is 1. The third-order valence-electron chi connectivity index (χ3n) is 2.79. The van der Waals surface area contributed by atoms with Crippen LogP contribution in [0, 0.1) is 29.1 Å². The van der Waals surface area contributed by atoms with Crippen LogP contribution < -0.4 is 0 Å². The molecule has 0 amide bonds. The van der Waals surface area contributed by atoms with E-state index in [9.17, 15) is 4.79 Å². The van der Waals surface area contributed by atoms with Gasteiger partial charge in [0.15, 0.2) is 0 Å². The van der Waals surface area contributed by atoms with Crippen molar-refractivity contribution in [1.29, 1.82) is 5.26 Å². The summed E-state index contributed by atoms with van der Waals surface area (Å²) in [5.74, 6) is 0.867. The monoisotopic (exact) mass is 165 g/mol. The van der Waals surface area contributed by atoms with Gasteiger partial charge >= 0.3 is 0 Å². The lowest BCUT2D eigenvalue weighted by Crippen LogP contribution is -2.22. The lowest BCUT2D eigenvalue weighted by atomic mass is 9.75. The molecule has 1 aliphatic carbocycles. The average molecular weight is 165 g/mol. The Morgan fingerprint density at radius 2 is 2.25 bits per heavy atom. The molecule has 3 unspecified atom stereocenters. The van der Waals surface area contributed by atoms with Gasteiger partial charge < -0.3 is 4.79 Å². The Kier molecular flexibility index (Phi) is 3.28. The summed E-state index contributed by atoms with van der Waals surface area (Å²) < 4.78 is 0. The number of hydrogen-bond acceptors (Lipinski definition) is 2. The van der Waals surface area contributed by atoms with Crippen molar-refractivity contribution in [2.24, 2.45) is 17.8 Å². The van der Waals surface area contributed by atoms with E-state index >= 15 is 0 Å². The lowest BCUT2D eigenvalue weighted by molar-refractivity contribution is -0.112. The summed E-state index contributed by atoms with van der Waals surface area (Å²) in [6, 6.07) is 2.27. The van der Waals surface area contributed by atoms with Crippen LogP contribution in [0.25, 0.3) is 0 Å². The molecule has 0 bridgehead atoms. The maximum atomic E-state index is 10.6. The van der Waals surface area contributed by atoms with Crippen molar-refractivity contribution in [3.63, 3.8) is 0 Å². The van der Waals surface area contributed by atoms with Crippen molar-refractivity contribution in [2.45, 2.75) is 32.6 Å². The van der Waals surface area contributed by atoms with E-state index < -0.39 is 0 Å². The first-order valence-electron chi connectivity index (χ1n) is 4.65. The number of carbonyl (C=O) groups is 1. The number of rotatable bonds is 2. The van der Waals surface area contributed by atoms with Crippen molar-refractivity contribution >= 4 is 6.29 Å². The summed E-state index contributed by atoms with van der Waals surface area (Å²) >= 11 is 0. The second-order valence-electron chi connectivity index (χ2n) is 3.70. The third kappa shape index (κ3) is 2.07. The van der Waals surface area contributed by atoms with Crippen LogP contribution in [0.5, 0.6) is 0 Å². The molecule has 0 aromatic rings. The SMILES string of the molecule is CCC1CC(C#N)CC(C=O)C1. The molecule has 2 heteroatoms. The first-order chi connectivity index (χ1) is 5.80. The summed E-state index contributed by atoms with van der Waals surface area (Å²) in [6.07, 6.45) is 4.90. The highest BCUT2D eigenvalue weighted by Crippen LogP contribution is 2.33. The normalized spacial score (nSPS) is 35.5. The quantitative estimate of drug-likeness (QED) is 0.588. The van der Waals surface area contributed by atoms with E-state index in [1.165, 1.54) is 0 Å². The van der Waals surface area contributed by atoms with E-state index in [0.29, 0.717) is 5.92 Å².